The highest BCUT2D eigenvalue weighted by Crippen LogP contribution is 2.41. The Hall–Kier alpha value is -0.550. The van der Waals surface area contributed by atoms with Crippen LogP contribution in [-0.2, 0) is 4.74 Å². The molecule has 0 spiro atoms. The first-order chi connectivity index (χ1) is 11.7. The van der Waals surface area contributed by atoms with Crippen molar-refractivity contribution in [2.24, 2.45) is 17.3 Å². The van der Waals surface area contributed by atoms with Crippen molar-refractivity contribution in [2.75, 3.05) is 6.61 Å². The van der Waals surface area contributed by atoms with E-state index in [-0.39, 0.29) is 5.41 Å². The molecule has 0 unspecified atom stereocenters. The van der Waals surface area contributed by atoms with E-state index in [2.05, 4.69) is 19.9 Å². The Morgan fingerprint density at radius 3 is 2.12 bits per heavy atom. The number of nitriles is 1. The quantitative estimate of drug-likeness (QED) is 0.443. The molecule has 0 atom stereocenters. The Morgan fingerprint density at radius 1 is 0.875 bits per heavy atom. The predicted octanol–water partition coefficient (Wildman–Crippen LogP) is 6.64. The maximum Gasteiger partial charge on any atom is 0.0807 e. The van der Waals surface area contributed by atoms with Crippen molar-refractivity contribution in [1.29, 1.82) is 5.26 Å². The number of hydrogen-bond acceptors (Lipinski definition) is 2. The summed E-state index contributed by atoms with van der Waals surface area (Å²) in [5.74, 6) is 1.79. The van der Waals surface area contributed by atoms with Gasteiger partial charge < -0.3 is 4.74 Å². The summed E-state index contributed by atoms with van der Waals surface area (Å²) >= 11 is 0. The lowest BCUT2D eigenvalue weighted by Gasteiger charge is -2.37. The first-order valence-corrected chi connectivity index (χ1v) is 10.7. The standard InChI is InChI=1S/C22H39NO/c1-3-5-6-8-20-13-15-22(17-23,16-14-20)18-24-21-11-9-19(7-4-2)10-12-21/h19-21H,3-16,18H2,1-2H3. The summed E-state index contributed by atoms with van der Waals surface area (Å²) in [5.41, 5.74) is -0.179. The summed E-state index contributed by atoms with van der Waals surface area (Å²) < 4.78 is 6.25. The molecular formula is C22H39NO. The maximum absolute atomic E-state index is 9.75. The van der Waals surface area contributed by atoms with E-state index in [0.29, 0.717) is 12.7 Å². The highest BCUT2D eigenvalue weighted by atomic mass is 16.5. The molecule has 0 heterocycles. The fourth-order valence-corrected chi connectivity index (χ4v) is 4.76. The Morgan fingerprint density at radius 2 is 1.54 bits per heavy atom. The highest BCUT2D eigenvalue weighted by Gasteiger charge is 2.36. The zero-order valence-electron chi connectivity index (χ0n) is 16.2. The number of ether oxygens (including phenoxy) is 1. The summed E-state index contributed by atoms with van der Waals surface area (Å²) in [6.07, 6.45) is 18.2. The van der Waals surface area contributed by atoms with Crippen molar-refractivity contribution in [3.63, 3.8) is 0 Å². The van der Waals surface area contributed by atoms with E-state index < -0.39 is 0 Å². The Labute approximate surface area is 150 Å². The van der Waals surface area contributed by atoms with Crippen LogP contribution in [0.4, 0.5) is 0 Å². The summed E-state index contributed by atoms with van der Waals surface area (Å²) in [6, 6.07) is 2.65. The van der Waals surface area contributed by atoms with Crippen LogP contribution in [0.25, 0.3) is 0 Å². The molecule has 2 saturated carbocycles. The minimum atomic E-state index is -0.179. The molecule has 0 N–H and O–H groups in total. The topological polar surface area (TPSA) is 33.0 Å². The molecule has 2 rings (SSSR count). The monoisotopic (exact) mass is 333 g/mol. The molecule has 0 amide bonds. The van der Waals surface area contributed by atoms with E-state index >= 15 is 0 Å². The van der Waals surface area contributed by atoms with Crippen LogP contribution in [0.2, 0.25) is 0 Å². The molecule has 0 aromatic carbocycles. The Bertz CT molecular complexity index is 370. The number of rotatable bonds is 9. The molecule has 2 fully saturated rings. The van der Waals surface area contributed by atoms with E-state index in [4.69, 9.17) is 4.74 Å². The molecule has 24 heavy (non-hydrogen) atoms. The van der Waals surface area contributed by atoms with Gasteiger partial charge in [-0.05, 0) is 63.2 Å². The first kappa shape index (κ1) is 19.8. The van der Waals surface area contributed by atoms with E-state index in [1.807, 2.05) is 0 Å². The molecule has 2 heteroatoms. The lowest BCUT2D eigenvalue weighted by molar-refractivity contribution is -0.0299. The Balaban J connectivity index is 1.68. The molecule has 0 aliphatic heterocycles. The van der Waals surface area contributed by atoms with Gasteiger partial charge in [0.05, 0.1) is 24.2 Å². The summed E-state index contributed by atoms with van der Waals surface area (Å²) in [7, 11) is 0. The number of unbranched alkanes of at least 4 members (excludes halogenated alkanes) is 2. The average Bonchev–Trinajstić information content (AvgIpc) is 2.63. The third-order valence-electron chi connectivity index (χ3n) is 6.60. The third-order valence-corrected chi connectivity index (χ3v) is 6.60. The van der Waals surface area contributed by atoms with E-state index in [1.165, 1.54) is 77.0 Å². The van der Waals surface area contributed by atoms with Crippen molar-refractivity contribution in [3.05, 3.63) is 0 Å². The summed E-state index contributed by atoms with van der Waals surface area (Å²) in [4.78, 5) is 0. The van der Waals surface area contributed by atoms with Crippen molar-refractivity contribution in [1.82, 2.24) is 0 Å². The normalized spacial score (nSPS) is 34.0. The SMILES string of the molecule is CCCCCC1CCC(C#N)(COC2CCC(CCC)CC2)CC1. The zero-order chi connectivity index (χ0) is 17.3. The van der Waals surface area contributed by atoms with Gasteiger partial charge in [0.2, 0.25) is 0 Å². The van der Waals surface area contributed by atoms with Gasteiger partial charge in [-0.3, -0.25) is 0 Å². The smallest absolute Gasteiger partial charge is 0.0807 e. The van der Waals surface area contributed by atoms with Crippen molar-refractivity contribution in [2.45, 2.75) is 110 Å². The van der Waals surface area contributed by atoms with Gasteiger partial charge in [-0.25, -0.2) is 0 Å². The van der Waals surface area contributed by atoms with Gasteiger partial charge in [0.25, 0.3) is 0 Å². The maximum atomic E-state index is 9.75. The fourth-order valence-electron chi connectivity index (χ4n) is 4.76. The minimum absolute atomic E-state index is 0.179. The third kappa shape index (κ3) is 6.07. The molecule has 2 aliphatic rings. The van der Waals surface area contributed by atoms with Crippen LogP contribution in [0.15, 0.2) is 0 Å². The van der Waals surface area contributed by atoms with Crippen LogP contribution in [0.1, 0.15) is 104 Å². The van der Waals surface area contributed by atoms with Gasteiger partial charge in [0.1, 0.15) is 0 Å². The van der Waals surface area contributed by atoms with Crippen molar-refractivity contribution >= 4 is 0 Å². The molecular weight excluding hydrogens is 294 g/mol. The lowest BCUT2D eigenvalue weighted by Crippen LogP contribution is -2.34. The predicted molar refractivity (Wildman–Crippen MR) is 101 cm³/mol. The van der Waals surface area contributed by atoms with Crippen molar-refractivity contribution in [3.8, 4) is 6.07 Å². The Kier molecular flexibility index (Phi) is 8.60. The summed E-state index contributed by atoms with van der Waals surface area (Å²) in [5, 5.41) is 9.75. The van der Waals surface area contributed by atoms with Crippen LogP contribution < -0.4 is 0 Å². The lowest BCUT2D eigenvalue weighted by atomic mass is 9.70. The van der Waals surface area contributed by atoms with Gasteiger partial charge in [-0.1, -0.05) is 52.4 Å². The van der Waals surface area contributed by atoms with Crippen LogP contribution >= 0.6 is 0 Å². The van der Waals surface area contributed by atoms with Gasteiger partial charge in [0.15, 0.2) is 0 Å². The van der Waals surface area contributed by atoms with Crippen molar-refractivity contribution < 1.29 is 4.74 Å². The van der Waals surface area contributed by atoms with Crippen LogP contribution in [-0.4, -0.2) is 12.7 Å². The summed E-state index contributed by atoms with van der Waals surface area (Å²) in [6.45, 7) is 5.25. The van der Waals surface area contributed by atoms with Crippen LogP contribution in [0.5, 0.6) is 0 Å². The molecule has 0 saturated heterocycles. The molecule has 0 bridgehead atoms. The molecule has 2 aliphatic carbocycles. The highest BCUT2D eigenvalue weighted by molar-refractivity contribution is 5.02. The second-order valence-electron chi connectivity index (χ2n) is 8.57. The fraction of sp³-hybridized carbons (Fsp3) is 0.955. The van der Waals surface area contributed by atoms with Gasteiger partial charge in [0, 0.05) is 0 Å². The zero-order valence-corrected chi connectivity index (χ0v) is 16.2. The minimum Gasteiger partial charge on any atom is -0.377 e. The molecule has 0 aromatic heterocycles. The number of nitrogens with zero attached hydrogens (tertiary/aromatic N) is 1. The van der Waals surface area contributed by atoms with Crippen LogP contribution in [0.3, 0.4) is 0 Å². The van der Waals surface area contributed by atoms with E-state index in [1.54, 1.807) is 0 Å². The van der Waals surface area contributed by atoms with Gasteiger partial charge in [-0.15, -0.1) is 0 Å². The molecule has 2 nitrogen and oxygen atoms in total. The van der Waals surface area contributed by atoms with Gasteiger partial charge >= 0.3 is 0 Å². The van der Waals surface area contributed by atoms with Crippen LogP contribution in [0, 0.1) is 28.6 Å². The number of hydrogen-bond donors (Lipinski definition) is 0. The second-order valence-corrected chi connectivity index (χ2v) is 8.57. The second kappa shape index (κ2) is 10.4. The first-order valence-electron chi connectivity index (χ1n) is 10.7. The van der Waals surface area contributed by atoms with E-state index in [0.717, 1.165) is 24.7 Å². The van der Waals surface area contributed by atoms with Gasteiger partial charge in [-0.2, -0.15) is 5.26 Å². The molecule has 0 radical (unpaired) electrons. The largest absolute Gasteiger partial charge is 0.377 e. The molecule has 0 aromatic rings. The average molecular weight is 334 g/mol. The molecule has 138 valence electrons. The van der Waals surface area contributed by atoms with E-state index in [9.17, 15) is 5.26 Å².